The van der Waals surface area contributed by atoms with E-state index in [-0.39, 0.29) is 0 Å². The number of nitrogens with two attached hydrogens (primary N) is 1. The zero-order valence-electron chi connectivity index (χ0n) is 11.0. The molecule has 3 nitrogen and oxygen atoms in total. The molecule has 0 bridgehead atoms. The van der Waals surface area contributed by atoms with E-state index in [1.165, 1.54) is 18.4 Å². The molecule has 0 spiro atoms. The molecule has 2 atom stereocenters. The first-order valence-corrected chi connectivity index (χ1v) is 7.02. The SMILES string of the molecule is NNC(CCCc1ccccc1)C1CCCCO1. The van der Waals surface area contributed by atoms with Gasteiger partial charge in [0.2, 0.25) is 0 Å². The molecule has 2 unspecified atom stereocenters. The Morgan fingerprint density at radius 1 is 1.28 bits per heavy atom. The number of ether oxygens (including phenoxy) is 1. The third-order valence-electron chi connectivity index (χ3n) is 3.70. The summed E-state index contributed by atoms with van der Waals surface area (Å²) >= 11 is 0. The third-order valence-corrected chi connectivity index (χ3v) is 3.70. The van der Waals surface area contributed by atoms with Crippen molar-refractivity contribution in [2.45, 2.75) is 50.7 Å². The Morgan fingerprint density at radius 3 is 2.78 bits per heavy atom. The van der Waals surface area contributed by atoms with Crippen molar-refractivity contribution in [1.82, 2.24) is 5.43 Å². The Morgan fingerprint density at radius 2 is 2.11 bits per heavy atom. The van der Waals surface area contributed by atoms with E-state index in [4.69, 9.17) is 10.6 Å². The molecule has 2 rings (SSSR count). The van der Waals surface area contributed by atoms with Crippen molar-refractivity contribution in [3.8, 4) is 0 Å². The van der Waals surface area contributed by atoms with Crippen molar-refractivity contribution < 1.29 is 4.74 Å². The Hall–Kier alpha value is -0.900. The normalized spacial score (nSPS) is 21.7. The zero-order chi connectivity index (χ0) is 12.6. The summed E-state index contributed by atoms with van der Waals surface area (Å²) in [4.78, 5) is 0. The van der Waals surface area contributed by atoms with Crippen molar-refractivity contribution >= 4 is 0 Å². The monoisotopic (exact) mass is 248 g/mol. The van der Waals surface area contributed by atoms with Gasteiger partial charge in [-0.25, -0.2) is 0 Å². The molecule has 1 fully saturated rings. The van der Waals surface area contributed by atoms with Crippen LogP contribution in [0.3, 0.4) is 0 Å². The summed E-state index contributed by atoms with van der Waals surface area (Å²) in [6.45, 7) is 0.890. The van der Waals surface area contributed by atoms with Crippen LogP contribution in [0.15, 0.2) is 30.3 Å². The van der Waals surface area contributed by atoms with Gasteiger partial charge in [-0.15, -0.1) is 0 Å². The third kappa shape index (κ3) is 4.09. The zero-order valence-corrected chi connectivity index (χ0v) is 11.0. The number of nitrogens with one attached hydrogen (secondary N) is 1. The van der Waals surface area contributed by atoms with Gasteiger partial charge in [0, 0.05) is 12.6 Å². The molecule has 0 radical (unpaired) electrons. The molecule has 1 saturated heterocycles. The lowest BCUT2D eigenvalue weighted by Crippen LogP contribution is -2.46. The topological polar surface area (TPSA) is 47.3 Å². The average molecular weight is 248 g/mol. The molecule has 0 aromatic heterocycles. The minimum Gasteiger partial charge on any atom is -0.377 e. The predicted octanol–water partition coefficient (Wildman–Crippen LogP) is 2.41. The summed E-state index contributed by atoms with van der Waals surface area (Å²) < 4.78 is 5.79. The first-order chi connectivity index (χ1) is 8.90. The molecule has 18 heavy (non-hydrogen) atoms. The van der Waals surface area contributed by atoms with Crippen molar-refractivity contribution in [3.05, 3.63) is 35.9 Å². The first-order valence-electron chi connectivity index (χ1n) is 7.02. The lowest BCUT2D eigenvalue weighted by atomic mass is 9.97. The highest BCUT2D eigenvalue weighted by Crippen LogP contribution is 2.19. The van der Waals surface area contributed by atoms with Gasteiger partial charge in [-0.2, -0.15) is 0 Å². The molecular weight excluding hydrogens is 224 g/mol. The maximum atomic E-state index is 5.79. The predicted molar refractivity (Wildman–Crippen MR) is 74.1 cm³/mol. The van der Waals surface area contributed by atoms with E-state index in [2.05, 4.69) is 35.8 Å². The number of aryl methyl sites for hydroxylation is 1. The lowest BCUT2D eigenvalue weighted by Gasteiger charge is -2.30. The molecule has 1 aliphatic rings. The molecule has 100 valence electrons. The number of hydrogen-bond donors (Lipinski definition) is 2. The molecule has 0 saturated carbocycles. The molecule has 1 heterocycles. The highest BCUT2D eigenvalue weighted by molar-refractivity contribution is 5.14. The summed E-state index contributed by atoms with van der Waals surface area (Å²) in [5.74, 6) is 5.65. The van der Waals surface area contributed by atoms with Crippen LogP contribution < -0.4 is 11.3 Å². The maximum Gasteiger partial charge on any atom is 0.0741 e. The molecule has 0 amide bonds. The van der Waals surface area contributed by atoms with Crippen LogP contribution in [0.1, 0.15) is 37.7 Å². The number of benzene rings is 1. The maximum absolute atomic E-state index is 5.79. The highest BCUT2D eigenvalue weighted by atomic mass is 16.5. The minimum atomic E-state index is 0.300. The van der Waals surface area contributed by atoms with Gasteiger partial charge in [-0.05, 0) is 44.1 Å². The molecule has 0 aliphatic carbocycles. The Bertz CT molecular complexity index is 323. The van der Waals surface area contributed by atoms with Crippen molar-refractivity contribution in [2.24, 2.45) is 5.84 Å². The highest BCUT2D eigenvalue weighted by Gasteiger charge is 2.22. The second-order valence-electron chi connectivity index (χ2n) is 5.06. The Labute approximate surface area is 110 Å². The first kappa shape index (κ1) is 13.5. The van der Waals surface area contributed by atoms with E-state index >= 15 is 0 Å². The summed E-state index contributed by atoms with van der Waals surface area (Å²) in [6.07, 6.45) is 7.25. The van der Waals surface area contributed by atoms with E-state index < -0.39 is 0 Å². The van der Waals surface area contributed by atoms with E-state index in [1.807, 2.05) is 0 Å². The Balaban J connectivity index is 1.73. The Kier molecular flexibility index (Phi) is 5.65. The molecule has 1 aliphatic heterocycles. The standard InChI is InChI=1S/C15H24N2O/c16-17-14(15-11-4-5-12-18-15)10-6-9-13-7-2-1-3-8-13/h1-3,7-8,14-15,17H,4-6,9-12,16H2. The molecular formula is C15H24N2O. The summed E-state index contributed by atoms with van der Waals surface area (Å²) in [5.41, 5.74) is 4.33. The van der Waals surface area contributed by atoms with Gasteiger partial charge in [-0.1, -0.05) is 30.3 Å². The van der Waals surface area contributed by atoms with Crippen LogP contribution in [0.2, 0.25) is 0 Å². The van der Waals surface area contributed by atoms with E-state index in [1.54, 1.807) is 0 Å². The number of rotatable bonds is 6. The van der Waals surface area contributed by atoms with Crippen LogP contribution in [0.4, 0.5) is 0 Å². The van der Waals surface area contributed by atoms with E-state index in [0.717, 1.165) is 32.3 Å². The van der Waals surface area contributed by atoms with Gasteiger partial charge >= 0.3 is 0 Å². The summed E-state index contributed by atoms with van der Waals surface area (Å²) in [7, 11) is 0. The number of hydrogen-bond acceptors (Lipinski definition) is 3. The molecule has 3 heteroatoms. The van der Waals surface area contributed by atoms with Gasteiger partial charge in [0.05, 0.1) is 6.10 Å². The minimum absolute atomic E-state index is 0.300. The smallest absolute Gasteiger partial charge is 0.0741 e. The lowest BCUT2D eigenvalue weighted by molar-refractivity contribution is -0.00964. The molecule has 1 aromatic carbocycles. The average Bonchev–Trinajstić information content (AvgIpc) is 2.46. The van der Waals surface area contributed by atoms with Crippen LogP contribution in [-0.2, 0) is 11.2 Å². The van der Waals surface area contributed by atoms with Crippen LogP contribution in [0.5, 0.6) is 0 Å². The fraction of sp³-hybridized carbons (Fsp3) is 0.600. The van der Waals surface area contributed by atoms with E-state index in [9.17, 15) is 0 Å². The fourth-order valence-corrected chi connectivity index (χ4v) is 2.63. The van der Waals surface area contributed by atoms with Gasteiger partial charge < -0.3 is 4.74 Å². The summed E-state index contributed by atoms with van der Waals surface area (Å²) in [6, 6.07) is 10.9. The van der Waals surface area contributed by atoms with E-state index in [0.29, 0.717) is 12.1 Å². The molecule has 3 N–H and O–H groups in total. The largest absolute Gasteiger partial charge is 0.377 e. The van der Waals surface area contributed by atoms with Crippen molar-refractivity contribution in [2.75, 3.05) is 6.61 Å². The quantitative estimate of drug-likeness (QED) is 0.600. The van der Waals surface area contributed by atoms with Crippen LogP contribution in [-0.4, -0.2) is 18.8 Å². The van der Waals surface area contributed by atoms with Gasteiger partial charge in [0.15, 0.2) is 0 Å². The van der Waals surface area contributed by atoms with Gasteiger partial charge in [0.25, 0.3) is 0 Å². The molecule has 1 aromatic rings. The summed E-state index contributed by atoms with van der Waals surface area (Å²) in [5, 5.41) is 0. The van der Waals surface area contributed by atoms with Gasteiger partial charge in [0.1, 0.15) is 0 Å². The van der Waals surface area contributed by atoms with Crippen LogP contribution in [0, 0.1) is 0 Å². The van der Waals surface area contributed by atoms with Gasteiger partial charge in [-0.3, -0.25) is 11.3 Å². The van der Waals surface area contributed by atoms with Crippen LogP contribution in [0.25, 0.3) is 0 Å². The van der Waals surface area contributed by atoms with Crippen LogP contribution >= 0.6 is 0 Å². The second kappa shape index (κ2) is 7.52. The van der Waals surface area contributed by atoms with Crippen molar-refractivity contribution in [1.29, 1.82) is 0 Å². The number of hydrazine groups is 1. The van der Waals surface area contributed by atoms with Crippen molar-refractivity contribution in [3.63, 3.8) is 0 Å². The fourth-order valence-electron chi connectivity index (χ4n) is 2.63. The second-order valence-corrected chi connectivity index (χ2v) is 5.06.